The molecule has 1 aliphatic rings. The zero-order valence-electron chi connectivity index (χ0n) is 11.4. The van der Waals surface area contributed by atoms with Crippen LogP contribution in [-0.4, -0.2) is 30.7 Å². The van der Waals surface area contributed by atoms with E-state index in [4.69, 9.17) is 4.42 Å². The molecular formula is C15H21N3O. The van der Waals surface area contributed by atoms with E-state index in [2.05, 4.69) is 22.1 Å². The molecule has 4 heteroatoms. The second-order valence-electron chi connectivity index (χ2n) is 5.16. The van der Waals surface area contributed by atoms with Gasteiger partial charge in [-0.25, -0.2) is 4.98 Å². The summed E-state index contributed by atoms with van der Waals surface area (Å²) in [4.78, 5) is 7.01. The van der Waals surface area contributed by atoms with Crippen LogP contribution in [-0.2, 0) is 0 Å². The topological polar surface area (TPSA) is 41.3 Å². The Labute approximate surface area is 113 Å². The first-order chi connectivity index (χ1) is 9.40. The van der Waals surface area contributed by atoms with Crippen LogP contribution < -0.4 is 10.2 Å². The van der Waals surface area contributed by atoms with E-state index >= 15 is 0 Å². The zero-order valence-corrected chi connectivity index (χ0v) is 11.4. The lowest BCUT2D eigenvalue weighted by molar-refractivity contribution is 0.569. The van der Waals surface area contributed by atoms with Gasteiger partial charge in [0.15, 0.2) is 0 Å². The highest BCUT2D eigenvalue weighted by molar-refractivity contribution is 5.88. The Morgan fingerprint density at radius 3 is 3.32 bits per heavy atom. The van der Waals surface area contributed by atoms with Crippen molar-refractivity contribution in [2.75, 3.05) is 24.5 Å². The number of nitrogens with one attached hydrogen (secondary N) is 1. The van der Waals surface area contributed by atoms with Crippen molar-refractivity contribution in [3.8, 4) is 0 Å². The molecule has 0 amide bonds. The minimum absolute atomic E-state index is 0.555. The molecule has 4 nitrogen and oxygen atoms in total. The highest BCUT2D eigenvalue weighted by atomic mass is 16.3. The molecule has 2 aromatic heterocycles. The van der Waals surface area contributed by atoms with E-state index in [0.717, 1.165) is 36.4 Å². The third-order valence-electron chi connectivity index (χ3n) is 3.81. The predicted octanol–water partition coefficient (Wildman–Crippen LogP) is 2.80. The molecule has 102 valence electrons. The molecular weight excluding hydrogens is 238 g/mol. The van der Waals surface area contributed by atoms with Crippen LogP contribution in [0.2, 0.25) is 0 Å². The molecule has 0 aromatic carbocycles. The fourth-order valence-corrected chi connectivity index (χ4v) is 2.88. The van der Waals surface area contributed by atoms with Gasteiger partial charge in [0.1, 0.15) is 11.4 Å². The molecule has 3 rings (SSSR count). The average molecular weight is 259 g/mol. The van der Waals surface area contributed by atoms with Gasteiger partial charge in [0, 0.05) is 25.3 Å². The summed E-state index contributed by atoms with van der Waals surface area (Å²) >= 11 is 0. The van der Waals surface area contributed by atoms with Crippen molar-refractivity contribution in [2.45, 2.75) is 32.2 Å². The summed E-state index contributed by atoms with van der Waals surface area (Å²) in [7, 11) is 0. The van der Waals surface area contributed by atoms with E-state index in [9.17, 15) is 0 Å². The van der Waals surface area contributed by atoms with E-state index < -0.39 is 0 Å². The van der Waals surface area contributed by atoms with Crippen molar-refractivity contribution in [2.24, 2.45) is 0 Å². The van der Waals surface area contributed by atoms with Crippen LogP contribution in [0.5, 0.6) is 0 Å². The molecule has 0 spiro atoms. The normalized spacial score (nSPS) is 19.4. The average Bonchev–Trinajstić information content (AvgIpc) is 3.07. The lowest BCUT2D eigenvalue weighted by Crippen LogP contribution is -2.38. The van der Waals surface area contributed by atoms with E-state index in [-0.39, 0.29) is 0 Å². The molecule has 3 heterocycles. The van der Waals surface area contributed by atoms with Crippen molar-refractivity contribution >= 4 is 16.8 Å². The van der Waals surface area contributed by atoms with Crippen LogP contribution in [0.3, 0.4) is 0 Å². The number of nitrogens with zero attached hydrogens (tertiary/aromatic N) is 2. The van der Waals surface area contributed by atoms with E-state index in [1.54, 1.807) is 6.26 Å². The molecule has 2 aromatic rings. The minimum atomic E-state index is 0.555. The molecule has 1 aliphatic heterocycles. The van der Waals surface area contributed by atoms with Gasteiger partial charge >= 0.3 is 0 Å². The highest BCUT2D eigenvalue weighted by Crippen LogP contribution is 2.30. The van der Waals surface area contributed by atoms with Crippen LogP contribution in [0.15, 0.2) is 29.0 Å². The van der Waals surface area contributed by atoms with Gasteiger partial charge in [0.2, 0.25) is 0 Å². The summed E-state index contributed by atoms with van der Waals surface area (Å²) < 4.78 is 5.47. The smallest absolute Gasteiger partial charge is 0.139 e. The second kappa shape index (κ2) is 5.61. The third-order valence-corrected chi connectivity index (χ3v) is 3.81. The first-order valence-corrected chi connectivity index (χ1v) is 7.19. The maximum absolute atomic E-state index is 5.47. The molecule has 1 unspecified atom stereocenters. The maximum Gasteiger partial charge on any atom is 0.139 e. The Hall–Kier alpha value is -1.55. The summed E-state index contributed by atoms with van der Waals surface area (Å²) in [5.74, 6) is 1.08. The van der Waals surface area contributed by atoms with E-state index in [1.807, 2.05) is 18.3 Å². The molecule has 1 fully saturated rings. The SMILES string of the molecule is CCCNCC1CCCN1c1nccc2occc12. The molecule has 19 heavy (non-hydrogen) atoms. The Balaban J connectivity index is 1.81. The lowest BCUT2D eigenvalue weighted by Gasteiger charge is -2.26. The Morgan fingerprint density at radius 2 is 2.42 bits per heavy atom. The molecule has 0 bridgehead atoms. The number of rotatable bonds is 5. The Kier molecular flexibility index (Phi) is 3.69. The van der Waals surface area contributed by atoms with E-state index in [1.165, 1.54) is 19.3 Å². The van der Waals surface area contributed by atoms with Gasteiger partial charge in [-0.15, -0.1) is 0 Å². The first-order valence-electron chi connectivity index (χ1n) is 7.19. The number of furan rings is 1. The quantitative estimate of drug-likeness (QED) is 0.838. The van der Waals surface area contributed by atoms with Crippen molar-refractivity contribution in [3.05, 3.63) is 24.6 Å². The number of aromatic nitrogens is 1. The van der Waals surface area contributed by atoms with Gasteiger partial charge in [0.05, 0.1) is 11.6 Å². The minimum Gasteiger partial charge on any atom is -0.464 e. The summed E-state index contributed by atoms with van der Waals surface area (Å²) in [5, 5.41) is 4.66. The fourth-order valence-electron chi connectivity index (χ4n) is 2.88. The summed E-state index contributed by atoms with van der Waals surface area (Å²) in [6.07, 6.45) is 7.26. The number of hydrogen-bond donors (Lipinski definition) is 1. The van der Waals surface area contributed by atoms with Crippen molar-refractivity contribution < 1.29 is 4.42 Å². The van der Waals surface area contributed by atoms with Crippen molar-refractivity contribution in [1.29, 1.82) is 0 Å². The van der Waals surface area contributed by atoms with Crippen LogP contribution in [0, 0.1) is 0 Å². The Bertz CT molecular complexity index is 537. The predicted molar refractivity (Wildman–Crippen MR) is 77.5 cm³/mol. The first kappa shape index (κ1) is 12.5. The van der Waals surface area contributed by atoms with Crippen molar-refractivity contribution in [3.63, 3.8) is 0 Å². The van der Waals surface area contributed by atoms with Gasteiger partial charge in [-0.2, -0.15) is 0 Å². The van der Waals surface area contributed by atoms with E-state index in [0.29, 0.717) is 6.04 Å². The van der Waals surface area contributed by atoms with Gasteiger partial charge < -0.3 is 14.6 Å². The molecule has 1 atom stereocenters. The van der Waals surface area contributed by atoms with Gasteiger partial charge in [-0.05, 0) is 37.9 Å². The lowest BCUT2D eigenvalue weighted by atomic mass is 10.2. The number of anilines is 1. The third kappa shape index (κ3) is 2.45. The molecule has 0 aliphatic carbocycles. The fraction of sp³-hybridized carbons (Fsp3) is 0.533. The van der Waals surface area contributed by atoms with Gasteiger partial charge in [-0.1, -0.05) is 6.92 Å². The number of pyridine rings is 1. The standard InChI is InChI=1S/C15H21N3O/c1-2-7-16-11-12-4-3-9-18(12)15-13-6-10-19-14(13)5-8-17-15/h5-6,8,10,12,16H,2-4,7,9,11H2,1H3. The summed E-state index contributed by atoms with van der Waals surface area (Å²) in [5.41, 5.74) is 0.928. The Morgan fingerprint density at radius 1 is 1.47 bits per heavy atom. The van der Waals surface area contributed by atoms with Crippen LogP contribution in [0.4, 0.5) is 5.82 Å². The van der Waals surface area contributed by atoms with Crippen molar-refractivity contribution in [1.82, 2.24) is 10.3 Å². The summed E-state index contributed by atoms with van der Waals surface area (Å²) in [6.45, 7) is 5.43. The number of fused-ring (bicyclic) bond motifs is 1. The second-order valence-corrected chi connectivity index (χ2v) is 5.16. The van der Waals surface area contributed by atoms with Crippen LogP contribution in [0.25, 0.3) is 11.0 Å². The monoisotopic (exact) mass is 259 g/mol. The maximum atomic E-state index is 5.47. The molecule has 1 saturated heterocycles. The van der Waals surface area contributed by atoms with Gasteiger partial charge in [-0.3, -0.25) is 0 Å². The largest absolute Gasteiger partial charge is 0.464 e. The van der Waals surface area contributed by atoms with Crippen LogP contribution in [0.1, 0.15) is 26.2 Å². The van der Waals surface area contributed by atoms with Crippen LogP contribution >= 0.6 is 0 Å². The highest BCUT2D eigenvalue weighted by Gasteiger charge is 2.26. The molecule has 1 N–H and O–H groups in total. The number of hydrogen-bond acceptors (Lipinski definition) is 4. The molecule has 0 saturated carbocycles. The molecule has 0 radical (unpaired) electrons. The zero-order chi connectivity index (χ0) is 13.1. The summed E-state index contributed by atoms with van der Waals surface area (Å²) in [6, 6.07) is 4.51. The van der Waals surface area contributed by atoms with Gasteiger partial charge in [0.25, 0.3) is 0 Å².